The van der Waals surface area contributed by atoms with Crippen LogP contribution in [0.5, 0.6) is 11.5 Å². The largest absolute Gasteiger partial charge is 0.457 e. The molecule has 31 heavy (non-hydrogen) atoms. The van der Waals surface area contributed by atoms with Crippen LogP contribution >= 0.6 is 0 Å². The molecule has 1 aliphatic rings. The van der Waals surface area contributed by atoms with Gasteiger partial charge in [0.1, 0.15) is 17.3 Å². The normalized spacial score (nSPS) is 15.9. The molecule has 0 aliphatic carbocycles. The van der Waals surface area contributed by atoms with E-state index in [1.807, 2.05) is 54.6 Å². The maximum Gasteiger partial charge on any atom is 0.243 e. The molecule has 2 heterocycles. The number of piperidine rings is 1. The van der Waals surface area contributed by atoms with E-state index in [9.17, 15) is 8.42 Å². The lowest BCUT2D eigenvalue weighted by Gasteiger charge is -2.30. The molecule has 0 unspecified atom stereocenters. The molecule has 0 bridgehead atoms. The lowest BCUT2D eigenvalue weighted by Crippen LogP contribution is -2.38. The van der Waals surface area contributed by atoms with Crippen molar-refractivity contribution < 1.29 is 13.2 Å². The summed E-state index contributed by atoms with van der Waals surface area (Å²) >= 11 is 0. The Morgan fingerprint density at radius 3 is 2.19 bits per heavy atom. The van der Waals surface area contributed by atoms with E-state index in [1.54, 1.807) is 28.6 Å². The summed E-state index contributed by atoms with van der Waals surface area (Å²) in [6.45, 7) is 0.957. The number of hydrogen-bond acceptors (Lipinski definition) is 4. The first-order valence-corrected chi connectivity index (χ1v) is 11.8. The second kappa shape index (κ2) is 8.17. The van der Waals surface area contributed by atoms with E-state index >= 15 is 0 Å². The van der Waals surface area contributed by atoms with Crippen molar-refractivity contribution in [3.63, 3.8) is 0 Å². The fourth-order valence-corrected chi connectivity index (χ4v) is 5.46. The minimum atomic E-state index is -3.53. The molecule has 0 saturated carbocycles. The molecule has 1 saturated heterocycles. The zero-order valence-electron chi connectivity index (χ0n) is 16.9. The number of aromatic nitrogens is 2. The van der Waals surface area contributed by atoms with Gasteiger partial charge in [-0.25, -0.2) is 13.4 Å². The summed E-state index contributed by atoms with van der Waals surface area (Å²) in [6.07, 6.45) is 1.49. The number of nitrogens with one attached hydrogen (secondary N) is 1. The van der Waals surface area contributed by atoms with Crippen molar-refractivity contribution in [1.82, 2.24) is 14.3 Å². The van der Waals surface area contributed by atoms with E-state index in [1.165, 1.54) is 0 Å². The van der Waals surface area contributed by atoms with Crippen LogP contribution in [0.4, 0.5) is 0 Å². The van der Waals surface area contributed by atoms with E-state index in [0.29, 0.717) is 24.6 Å². The molecule has 0 radical (unpaired) electrons. The molecule has 1 aliphatic heterocycles. The topological polar surface area (TPSA) is 75.3 Å². The van der Waals surface area contributed by atoms with Crippen LogP contribution in [-0.2, 0) is 10.0 Å². The number of para-hydroxylation sites is 3. The van der Waals surface area contributed by atoms with Gasteiger partial charge in [-0.15, -0.1) is 0 Å². The van der Waals surface area contributed by atoms with Crippen molar-refractivity contribution in [2.45, 2.75) is 23.7 Å². The smallest absolute Gasteiger partial charge is 0.243 e. The van der Waals surface area contributed by atoms with Gasteiger partial charge in [0.15, 0.2) is 0 Å². The standard InChI is InChI=1S/C24H23N3O3S/c28-31(29,21-12-10-20(11-13-21)30-19-6-2-1-3-7-19)27-16-14-18(15-17-27)24-25-22-8-4-5-9-23(22)26-24/h1-13,18H,14-17H2,(H,25,26). The van der Waals surface area contributed by atoms with Gasteiger partial charge >= 0.3 is 0 Å². The maximum atomic E-state index is 13.1. The summed E-state index contributed by atoms with van der Waals surface area (Å²) in [7, 11) is -3.53. The average Bonchev–Trinajstić information content (AvgIpc) is 3.25. The lowest BCUT2D eigenvalue weighted by atomic mass is 9.97. The molecule has 0 atom stereocenters. The predicted molar refractivity (Wildman–Crippen MR) is 120 cm³/mol. The zero-order valence-corrected chi connectivity index (χ0v) is 17.8. The van der Waals surface area contributed by atoms with Gasteiger partial charge in [-0.3, -0.25) is 0 Å². The molecule has 5 rings (SSSR count). The van der Waals surface area contributed by atoms with E-state index in [4.69, 9.17) is 4.74 Å². The number of aromatic amines is 1. The Morgan fingerprint density at radius 2 is 1.48 bits per heavy atom. The quantitative estimate of drug-likeness (QED) is 0.485. The van der Waals surface area contributed by atoms with Gasteiger partial charge in [0.25, 0.3) is 0 Å². The van der Waals surface area contributed by atoms with Crippen molar-refractivity contribution in [2.24, 2.45) is 0 Å². The molecular formula is C24H23N3O3S. The highest BCUT2D eigenvalue weighted by atomic mass is 32.2. The Kier molecular flexibility index (Phi) is 5.21. The van der Waals surface area contributed by atoms with Crippen LogP contribution in [-0.4, -0.2) is 35.8 Å². The maximum absolute atomic E-state index is 13.1. The van der Waals surface area contributed by atoms with Crippen LogP contribution < -0.4 is 4.74 Å². The third kappa shape index (κ3) is 4.06. The van der Waals surface area contributed by atoms with E-state index in [-0.39, 0.29) is 10.8 Å². The lowest BCUT2D eigenvalue weighted by molar-refractivity contribution is 0.314. The Morgan fingerprint density at radius 1 is 0.839 bits per heavy atom. The van der Waals surface area contributed by atoms with Crippen molar-refractivity contribution in [1.29, 1.82) is 0 Å². The minimum Gasteiger partial charge on any atom is -0.457 e. The highest BCUT2D eigenvalue weighted by Gasteiger charge is 2.31. The van der Waals surface area contributed by atoms with Gasteiger partial charge in [0.2, 0.25) is 10.0 Å². The minimum absolute atomic E-state index is 0.237. The average molecular weight is 434 g/mol. The Labute approximate surface area is 181 Å². The van der Waals surface area contributed by atoms with Crippen LogP contribution in [0.15, 0.2) is 83.8 Å². The Hall–Kier alpha value is -3.16. The summed E-state index contributed by atoms with van der Waals surface area (Å²) in [5.41, 5.74) is 1.97. The predicted octanol–water partition coefficient (Wildman–Crippen LogP) is 4.92. The summed E-state index contributed by atoms with van der Waals surface area (Å²) in [5.74, 6) is 2.50. The number of H-pyrrole nitrogens is 1. The number of hydrogen-bond donors (Lipinski definition) is 1. The first-order chi connectivity index (χ1) is 15.1. The third-order valence-corrected chi connectivity index (χ3v) is 7.60. The summed E-state index contributed by atoms with van der Waals surface area (Å²) in [6, 6.07) is 24.0. The number of sulfonamides is 1. The molecule has 1 fully saturated rings. The number of imidazole rings is 1. The van der Waals surface area contributed by atoms with E-state index in [2.05, 4.69) is 9.97 Å². The van der Waals surface area contributed by atoms with Gasteiger partial charge < -0.3 is 9.72 Å². The highest BCUT2D eigenvalue weighted by Crippen LogP contribution is 2.31. The second-order valence-electron chi connectivity index (χ2n) is 7.70. The van der Waals surface area contributed by atoms with Gasteiger partial charge in [-0.1, -0.05) is 30.3 Å². The molecule has 1 aromatic heterocycles. The molecule has 158 valence electrons. The number of benzene rings is 3. The molecule has 4 aromatic rings. The first-order valence-electron chi connectivity index (χ1n) is 10.4. The number of nitrogens with zero attached hydrogens (tertiary/aromatic N) is 2. The second-order valence-corrected chi connectivity index (χ2v) is 9.64. The summed E-state index contributed by atoms with van der Waals surface area (Å²) in [5, 5.41) is 0. The van der Waals surface area contributed by atoms with Crippen LogP contribution in [0.25, 0.3) is 11.0 Å². The fourth-order valence-electron chi connectivity index (χ4n) is 3.99. The van der Waals surface area contributed by atoms with Crippen molar-refractivity contribution >= 4 is 21.1 Å². The zero-order chi connectivity index (χ0) is 21.3. The van der Waals surface area contributed by atoms with Crippen LogP contribution in [0.1, 0.15) is 24.6 Å². The van der Waals surface area contributed by atoms with Crippen LogP contribution in [0.3, 0.4) is 0 Å². The highest BCUT2D eigenvalue weighted by molar-refractivity contribution is 7.89. The molecule has 3 aromatic carbocycles. The number of rotatable bonds is 5. The molecule has 0 spiro atoms. The summed E-state index contributed by atoms with van der Waals surface area (Å²) < 4.78 is 33.5. The van der Waals surface area contributed by atoms with Gasteiger partial charge in [-0.2, -0.15) is 4.31 Å². The van der Waals surface area contributed by atoms with Gasteiger partial charge in [0.05, 0.1) is 15.9 Å². The summed E-state index contributed by atoms with van der Waals surface area (Å²) in [4.78, 5) is 8.36. The van der Waals surface area contributed by atoms with Crippen LogP contribution in [0.2, 0.25) is 0 Å². The first kappa shape index (κ1) is 19.8. The number of fused-ring (bicyclic) bond motifs is 1. The van der Waals surface area contributed by atoms with E-state index in [0.717, 1.165) is 29.7 Å². The van der Waals surface area contributed by atoms with Crippen LogP contribution in [0, 0.1) is 0 Å². The molecular weight excluding hydrogens is 410 g/mol. The molecule has 6 nitrogen and oxygen atoms in total. The Bertz CT molecular complexity index is 1240. The third-order valence-electron chi connectivity index (χ3n) is 5.69. The molecule has 0 amide bonds. The Balaban J connectivity index is 1.26. The van der Waals surface area contributed by atoms with Gasteiger partial charge in [0, 0.05) is 19.0 Å². The molecule has 1 N–H and O–H groups in total. The van der Waals surface area contributed by atoms with Gasteiger partial charge in [-0.05, 0) is 61.4 Å². The number of ether oxygens (including phenoxy) is 1. The fraction of sp³-hybridized carbons (Fsp3) is 0.208. The van der Waals surface area contributed by atoms with Crippen molar-refractivity contribution in [2.75, 3.05) is 13.1 Å². The van der Waals surface area contributed by atoms with Crippen molar-refractivity contribution in [3.8, 4) is 11.5 Å². The SMILES string of the molecule is O=S(=O)(c1ccc(Oc2ccccc2)cc1)N1CCC(c2nc3ccccc3[nH]2)CC1. The van der Waals surface area contributed by atoms with Crippen molar-refractivity contribution in [3.05, 3.63) is 84.7 Å². The monoisotopic (exact) mass is 433 g/mol. The van der Waals surface area contributed by atoms with E-state index < -0.39 is 10.0 Å². The molecule has 7 heteroatoms.